The second-order valence-corrected chi connectivity index (χ2v) is 8.07. The van der Waals surface area contributed by atoms with Gasteiger partial charge in [0.25, 0.3) is 11.8 Å². The molecule has 4 rings (SSSR count). The molecule has 0 spiro atoms. The second kappa shape index (κ2) is 9.52. The zero-order chi connectivity index (χ0) is 23.5. The lowest BCUT2D eigenvalue weighted by Crippen LogP contribution is -2.42. The molecule has 2 aliphatic rings. The minimum absolute atomic E-state index is 0.145. The number of anilines is 1. The van der Waals surface area contributed by atoms with Crippen molar-refractivity contribution in [2.24, 2.45) is 0 Å². The predicted molar refractivity (Wildman–Crippen MR) is 122 cm³/mol. The van der Waals surface area contributed by atoms with Gasteiger partial charge in [0, 0.05) is 23.9 Å². The Balaban J connectivity index is 1.79. The van der Waals surface area contributed by atoms with Gasteiger partial charge in [-0.05, 0) is 30.5 Å². The maximum atomic E-state index is 13.6. The maximum Gasteiger partial charge on any atom is 0.278 e. The molecule has 0 atom stereocenters. The number of nitrogens with zero attached hydrogens (tertiary/aromatic N) is 1. The minimum Gasteiger partial charge on any atom is -0.493 e. The Kier molecular flexibility index (Phi) is 6.53. The van der Waals surface area contributed by atoms with Crippen LogP contribution in [0.15, 0.2) is 42.1 Å². The molecule has 0 radical (unpaired) electrons. The molecule has 2 aromatic carbocycles. The highest BCUT2D eigenvalue weighted by atomic mass is 19.1. The summed E-state index contributed by atoms with van der Waals surface area (Å²) < 4.78 is 29.7. The largest absolute Gasteiger partial charge is 0.493 e. The molecule has 0 saturated heterocycles. The summed E-state index contributed by atoms with van der Waals surface area (Å²) >= 11 is 0. The van der Waals surface area contributed by atoms with Crippen LogP contribution in [-0.4, -0.2) is 44.1 Å². The number of carbonyl (C=O) groups excluding carboxylic acids is 2. The monoisotopic (exact) mass is 454 g/mol. The highest BCUT2D eigenvalue weighted by Gasteiger charge is 2.43. The molecule has 1 N–H and O–H groups in total. The summed E-state index contributed by atoms with van der Waals surface area (Å²) in [5, 5.41) is 3.11. The average molecular weight is 454 g/mol. The van der Waals surface area contributed by atoms with Crippen molar-refractivity contribution in [2.45, 2.75) is 38.1 Å². The van der Waals surface area contributed by atoms with Crippen LogP contribution in [0.2, 0.25) is 0 Å². The van der Waals surface area contributed by atoms with E-state index in [9.17, 15) is 14.0 Å². The Morgan fingerprint density at radius 2 is 1.48 bits per heavy atom. The van der Waals surface area contributed by atoms with Gasteiger partial charge >= 0.3 is 0 Å². The molecule has 7 nitrogen and oxygen atoms in total. The van der Waals surface area contributed by atoms with Crippen LogP contribution in [0.4, 0.5) is 10.1 Å². The minimum atomic E-state index is -0.417. The lowest BCUT2D eigenvalue weighted by atomic mass is 9.94. The van der Waals surface area contributed by atoms with Crippen LogP contribution in [0.5, 0.6) is 17.2 Å². The van der Waals surface area contributed by atoms with Gasteiger partial charge in [-0.25, -0.2) is 4.39 Å². The molecule has 174 valence electrons. The van der Waals surface area contributed by atoms with Crippen molar-refractivity contribution in [2.75, 3.05) is 26.6 Å². The first-order valence-corrected chi connectivity index (χ1v) is 10.9. The molecule has 1 saturated carbocycles. The van der Waals surface area contributed by atoms with E-state index in [1.54, 1.807) is 12.1 Å². The van der Waals surface area contributed by atoms with Gasteiger partial charge in [-0.3, -0.25) is 14.5 Å². The molecular formula is C25H27FN2O5. The number of imide groups is 1. The quantitative estimate of drug-likeness (QED) is 0.626. The van der Waals surface area contributed by atoms with Gasteiger partial charge in [0.1, 0.15) is 11.5 Å². The highest BCUT2D eigenvalue weighted by Crippen LogP contribution is 2.41. The standard InChI is InChI=1S/C25H27FN2O5/c1-31-19-13-17(14-20(32-2)23(19)33-3)27-22-21(15-9-11-16(26)12-10-15)24(29)28(25(22)30)18-7-5-4-6-8-18/h9-14,18,27H,4-8H2,1-3H3. The van der Waals surface area contributed by atoms with Gasteiger partial charge in [0.05, 0.1) is 26.9 Å². The van der Waals surface area contributed by atoms with Crippen molar-refractivity contribution in [3.05, 3.63) is 53.5 Å². The zero-order valence-corrected chi connectivity index (χ0v) is 18.9. The molecule has 0 aromatic heterocycles. The molecule has 0 unspecified atom stereocenters. The Bertz CT molecular complexity index is 1070. The van der Waals surface area contributed by atoms with Gasteiger partial charge in [0.2, 0.25) is 5.75 Å². The Morgan fingerprint density at radius 1 is 0.879 bits per heavy atom. The molecule has 1 aliphatic carbocycles. The molecule has 1 aliphatic heterocycles. The lowest BCUT2D eigenvalue weighted by Gasteiger charge is -2.30. The third kappa shape index (κ3) is 4.25. The van der Waals surface area contributed by atoms with Crippen LogP contribution in [0.3, 0.4) is 0 Å². The fourth-order valence-electron chi connectivity index (χ4n) is 4.52. The lowest BCUT2D eigenvalue weighted by molar-refractivity contribution is -0.140. The first kappa shape index (κ1) is 22.6. The van der Waals surface area contributed by atoms with E-state index in [-0.39, 0.29) is 29.1 Å². The number of ether oxygens (including phenoxy) is 3. The van der Waals surface area contributed by atoms with Crippen LogP contribution >= 0.6 is 0 Å². The highest BCUT2D eigenvalue weighted by molar-refractivity contribution is 6.36. The summed E-state index contributed by atoms with van der Waals surface area (Å²) in [5.74, 6) is 0.0529. The summed E-state index contributed by atoms with van der Waals surface area (Å²) in [6.07, 6.45) is 4.62. The fourth-order valence-corrected chi connectivity index (χ4v) is 4.52. The van der Waals surface area contributed by atoms with E-state index in [0.29, 0.717) is 28.5 Å². The first-order chi connectivity index (χ1) is 16.0. The molecule has 2 aromatic rings. The van der Waals surface area contributed by atoms with Crippen LogP contribution < -0.4 is 19.5 Å². The summed E-state index contributed by atoms with van der Waals surface area (Å²) in [7, 11) is 4.50. The van der Waals surface area contributed by atoms with E-state index in [1.807, 2.05) is 0 Å². The van der Waals surface area contributed by atoms with Crippen molar-refractivity contribution in [1.82, 2.24) is 4.90 Å². The molecule has 1 heterocycles. The average Bonchev–Trinajstić information content (AvgIpc) is 3.08. The summed E-state index contributed by atoms with van der Waals surface area (Å²) in [5.41, 5.74) is 1.33. The fraction of sp³-hybridized carbons (Fsp3) is 0.360. The molecule has 2 amide bonds. The van der Waals surface area contributed by atoms with Gasteiger partial charge in [-0.1, -0.05) is 31.4 Å². The number of methoxy groups -OCH3 is 3. The normalized spacial score (nSPS) is 16.9. The second-order valence-electron chi connectivity index (χ2n) is 8.07. The van der Waals surface area contributed by atoms with Crippen LogP contribution in [0, 0.1) is 5.82 Å². The Hall–Kier alpha value is -3.55. The molecule has 0 bridgehead atoms. The molecule has 8 heteroatoms. The number of hydrogen-bond donors (Lipinski definition) is 1. The summed E-state index contributed by atoms with van der Waals surface area (Å²) in [4.78, 5) is 28.4. The number of rotatable bonds is 7. The Morgan fingerprint density at radius 3 is 2.03 bits per heavy atom. The molecule has 1 fully saturated rings. The van der Waals surface area contributed by atoms with Crippen LogP contribution in [-0.2, 0) is 9.59 Å². The zero-order valence-electron chi connectivity index (χ0n) is 18.9. The van der Waals surface area contributed by atoms with Crippen molar-refractivity contribution < 1.29 is 28.2 Å². The van der Waals surface area contributed by atoms with E-state index in [2.05, 4.69) is 5.32 Å². The van der Waals surface area contributed by atoms with E-state index in [4.69, 9.17) is 14.2 Å². The number of carbonyl (C=O) groups is 2. The number of hydrogen-bond acceptors (Lipinski definition) is 6. The topological polar surface area (TPSA) is 77.1 Å². The predicted octanol–water partition coefficient (Wildman–Crippen LogP) is 4.38. The van der Waals surface area contributed by atoms with Gasteiger partial charge in [-0.2, -0.15) is 0 Å². The molecule has 33 heavy (non-hydrogen) atoms. The third-order valence-corrected chi connectivity index (χ3v) is 6.12. The van der Waals surface area contributed by atoms with Crippen LogP contribution in [0.1, 0.15) is 37.7 Å². The van der Waals surface area contributed by atoms with Gasteiger partial charge in [-0.15, -0.1) is 0 Å². The van der Waals surface area contributed by atoms with Crippen molar-refractivity contribution in [1.29, 1.82) is 0 Å². The SMILES string of the molecule is COc1cc(NC2=C(c3ccc(F)cc3)C(=O)N(C3CCCCC3)C2=O)cc(OC)c1OC. The van der Waals surface area contributed by atoms with E-state index >= 15 is 0 Å². The number of amides is 2. The number of halogens is 1. The van der Waals surface area contributed by atoms with Crippen LogP contribution in [0.25, 0.3) is 5.57 Å². The van der Waals surface area contributed by atoms with E-state index in [0.717, 1.165) is 32.1 Å². The van der Waals surface area contributed by atoms with Gasteiger partial charge < -0.3 is 19.5 Å². The van der Waals surface area contributed by atoms with Crippen molar-refractivity contribution in [3.8, 4) is 17.2 Å². The number of benzene rings is 2. The summed E-state index contributed by atoms with van der Waals surface area (Å²) in [6.45, 7) is 0. The number of nitrogens with one attached hydrogen (secondary N) is 1. The maximum absolute atomic E-state index is 13.6. The first-order valence-electron chi connectivity index (χ1n) is 10.9. The van der Waals surface area contributed by atoms with E-state index in [1.165, 1.54) is 50.5 Å². The van der Waals surface area contributed by atoms with Crippen molar-refractivity contribution in [3.63, 3.8) is 0 Å². The molecular weight excluding hydrogens is 427 g/mol. The smallest absolute Gasteiger partial charge is 0.278 e. The van der Waals surface area contributed by atoms with Gasteiger partial charge in [0.15, 0.2) is 11.5 Å². The van der Waals surface area contributed by atoms with Crippen molar-refractivity contribution >= 4 is 23.1 Å². The summed E-state index contributed by atoms with van der Waals surface area (Å²) in [6, 6.07) is 8.76. The van der Waals surface area contributed by atoms with E-state index < -0.39 is 5.82 Å². The third-order valence-electron chi connectivity index (χ3n) is 6.12. The Labute approximate surface area is 192 Å².